The van der Waals surface area contributed by atoms with Gasteiger partial charge in [-0.05, 0) is 38.0 Å². The van der Waals surface area contributed by atoms with Crippen LogP contribution in [0.2, 0.25) is 0 Å². The molecule has 0 N–H and O–H groups in total. The monoisotopic (exact) mass is 243 g/mol. The highest BCUT2D eigenvalue weighted by Gasteiger charge is 2.20. The Morgan fingerprint density at radius 2 is 1.94 bits per heavy atom. The molecule has 1 rings (SSSR count). The van der Waals surface area contributed by atoms with E-state index in [0.717, 1.165) is 11.1 Å². The van der Waals surface area contributed by atoms with Crippen LogP contribution in [0.1, 0.15) is 18.1 Å². The van der Waals surface area contributed by atoms with Crippen molar-refractivity contribution in [3.63, 3.8) is 0 Å². The Bertz CT molecular complexity index is 445. The Balaban J connectivity index is 3.30. The third-order valence-electron chi connectivity index (χ3n) is 2.30. The molecule has 0 aliphatic carbocycles. The van der Waals surface area contributed by atoms with Crippen LogP contribution < -0.4 is 5.30 Å². The Hall–Kier alpha value is -1.19. The molecule has 0 aliphatic heterocycles. The smallest absolute Gasteiger partial charge is 0.282 e. The fourth-order valence-electron chi connectivity index (χ4n) is 1.32. The van der Waals surface area contributed by atoms with E-state index in [9.17, 15) is 14.7 Å². The molecule has 1 atom stereocenters. The van der Waals surface area contributed by atoms with Gasteiger partial charge in [0.25, 0.3) is 5.69 Å². The third kappa shape index (κ3) is 2.68. The second-order valence-electron chi connectivity index (χ2n) is 3.43. The molecule has 5 nitrogen and oxygen atoms in total. The molecule has 88 valence electrons. The molecule has 0 aliphatic rings. The second kappa shape index (κ2) is 5.23. The molecular weight excluding hydrogens is 229 g/mol. The minimum absolute atomic E-state index is 0.125. The molecule has 0 amide bonds. The molecule has 0 heterocycles. The van der Waals surface area contributed by atoms with Crippen LogP contribution in [0.25, 0.3) is 0 Å². The summed E-state index contributed by atoms with van der Waals surface area (Å²) in [6, 6.07) is 3.01. The SMILES string of the molecule is CCO[PH](=O)c1cc(C)c(C)cc1[N+](=O)[O-]. The van der Waals surface area contributed by atoms with Crippen LogP contribution in [0.3, 0.4) is 0 Å². The predicted octanol–water partition coefficient (Wildman–Crippen LogP) is 2.35. The molecule has 6 heteroatoms. The van der Waals surface area contributed by atoms with E-state index >= 15 is 0 Å². The van der Waals surface area contributed by atoms with Gasteiger partial charge in [0.1, 0.15) is 5.30 Å². The van der Waals surface area contributed by atoms with Crippen molar-refractivity contribution in [2.24, 2.45) is 0 Å². The normalized spacial score (nSPS) is 12.4. The van der Waals surface area contributed by atoms with Crippen molar-refractivity contribution in [1.29, 1.82) is 0 Å². The molecule has 1 aromatic carbocycles. The van der Waals surface area contributed by atoms with Crippen molar-refractivity contribution < 1.29 is 14.0 Å². The van der Waals surface area contributed by atoms with E-state index in [-0.39, 0.29) is 17.6 Å². The summed E-state index contributed by atoms with van der Waals surface area (Å²) < 4.78 is 16.6. The van der Waals surface area contributed by atoms with E-state index in [4.69, 9.17) is 4.52 Å². The Labute approximate surface area is 94.4 Å². The Kier molecular flexibility index (Phi) is 4.21. The lowest BCUT2D eigenvalue weighted by Crippen LogP contribution is -2.08. The first-order chi connectivity index (χ1) is 7.47. The molecule has 0 saturated heterocycles. The molecule has 0 bridgehead atoms. The minimum Gasteiger partial charge on any atom is -0.327 e. The van der Waals surface area contributed by atoms with E-state index in [1.54, 1.807) is 19.9 Å². The Morgan fingerprint density at radius 3 is 2.44 bits per heavy atom. The molecule has 1 aromatic rings. The predicted molar refractivity (Wildman–Crippen MR) is 62.8 cm³/mol. The van der Waals surface area contributed by atoms with Gasteiger partial charge in [0.15, 0.2) is 0 Å². The summed E-state index contributed by atoms with van der Waals surface area (Å²) in [6.07, 6.45) is 0. The second-order valence-corrected chi connectivity index (χ2v) is 4.83. The topological polar surface area (TPSA) is 69.4 Å². The first-order valence-corrected chi connectivity index (χ1v) is 6.21. The van der Waals surface area contributed by atoms with E-state index < -0.39 is 13.0 Å². The van der Waals surface area contributed by atoms with Gasteiger partial charge < -0.3 is 4.52 Å². The van der Waals surface area contributed by atoms with Crippen molar-refractivity contribution >= 4 is 19.0 Å². The highest BCUT2D eigenvalue weighted by atomic mass is 31.1. The number of hydrogen-bond donors (Lipinski definition) is 0. The summed E-state index contributed by atoms with van der Waals surface area (Å²) in [5, 5.41) is 11.0. The fourth-order valence-corrected chi connectivity index (χ4v) is 2.45. The maximum absolute atomic E-state index is 11.7. The number of nitro groups is 1. The fraction of sp³-hybridized carbons (Fsp3) is 0.400. The van der Waals surface area contributed by atoms with E-state index in [1.807, 2.05) is 6.92 Å². The molecule has 0 saturated carbocycles. The average Bonchev–Trinajstić information content (AvgIpc) is 2.21. The van der Waals surface area contributed by atoms with Crippen LogP contribution in [-0.2, 0) is 9.09 Å². The van der Waals surface area contributed by atoms with Crippen LogP contribution in [0, 0.1) is 24.0 Å². The summed E-state index contributed by atoms with van der Waals surface area (Å²) >= 11 is 0. The number of rotatable bonds is 4. The maximum Gasteiger partial charge on any atom is 0.282 e. The number of hydrogen-bond acceptors (Lipinski definition) is 4. The molecule has 0 spiro atoms. The average molecular weight is 243 g/mol. The van der Waals surface area contributed by atoms with Gasteiger partial charge in [-0.15, -0.1) is 0 Å². The van der Waals surface area contributed by atoms with E-state index in [0.29, 0.717) is 0 Å². The van der Waals surface area contributed by atoms with Gasteiger partial charge in [0, 0.05) is 6.07 Å². The van der Waals surface area contributed by atoms with Gasteiger partial charge in [0.05, 0.1) is 11.5 Å². The maximum atomic E-state index is 11.7. The number of nitro benzene ring substituents is 1. The van der Waals surface area contributed by atoms with Gasteiger partial charge >= 0.3 is 0 Å². The summed E-state index contributed by atoms with van der Waals surface area (Å²) in [4.78, 5) is 10.3. The van der Waals surface area contributed by atoms with Crippen LogP contribution in [0.5, 0.6) is 0 Å². The molecule has 0 aromatic heterocycles. The first kappa shape index (κ1) is 12.9. The zero-order chi connectivity index (χ0) is 12.3. The number of aryl methyl sites for hydroxylation is 2. The highest BCUT2D eigenvalue weighted by Crippen LogP contribution is 2.29. The quantitative estimate of drug-likeness (QED) is 0.462. The summed E-state index contributed by atoms with van der Waals surface area (Å²) in [6.45, 7) is 5.59. The van der Waals surface area contributed by atoms with Gasteiger partial charge in [0.2, 0.25) is 8.03 Å². The van der Waals surface area contributed by atoms with Crippen LogP contribution in [0.15, 0.2) is 12.1 Å². The van der Waals surface area contributed by atoms with Gasteiger partial charge in [-0.1, -0.05) is 0 Å². The first-order valence-electron chi connectivity index (χ1n) is 4.90. The molecule has 0 fully saturated rings. The van der Waals surface area contributed by atoms with Crippen molar-refractivity contribution in [3.8, 4) is 0 Å². The van der Waals surface area contributed by atoms with Crippen molar-refractivity contribution in [2.75, 3.05) is 6.61 Å². The minimum atomic E-state index is -2.52. The van der Waals surface area contributed by atoms with Crippen molar-refractivity contribution in [2.45, 2.75) is 20.8 Å². The van der Waals surface area contributed by atoms with Gasteiger partial charge in [-0.25, -0.2) is 0 Å². The summed E-state index contributed by atoms with van der Waals surface area (Å²) in [7, 11) is -2.52. The standard InChI is InChI=1S/C10H14NO4P/c1-4-15-16(14)10-6-8(3)7(2)5-9(10)11(12)13/h5-6,16H,4H2,1-3H3. The lowest BCUT2D eigenvalue weighted by molar-refractivity contribution is -0.383. The molecule has 1 unspecified atom stereocenters. The van der Waals surface area contributed by atoms with Crippen LogP contribution >= 0.6 is 8.03 Å². The molecular formula is C10H14NO4P. The highest BCUT2D eigenvalue weighted by molar-refractivity contribution is 7.48. The van der Waals surface area contributed by atoms with Crippen LogP contribution in [0.4, 0.5) is 5.69 Å². The number of benzene rings is 1. The van der Waals surface area contributed by atoms with Crippen molar-refractivity contribution in [1.82, 2.24) is 0 Å². The van der Waals surface area contributed by atoms with Gasteiger partial charge in [-0.3, -0.25) is 14.7 Å². The third-order valence-corrected chi connectivity index (χ3v) is 3.70. The largest absolute Gasteiger partial charge is 0.327 e. The lowest BCUT2D eigenvalue weighted by atomic mass is 10.1. The van der Waals surface area contributed by atoms with Gasteiger partial charge in [-0.2, -0.15) is 0 Å². The Morgan fingerprint density at radius 1 is 1.38 bits per heavy atom. The zero-order valence-corrected chi connectivity index (χ0v) is 10.4. The summed E-state index contributed by atoms with van der Waals surface area (Å²) in [5.74, 6) is 0. The van der Waals surface area contributed by atoms with Crippen molar-refractivity contribution in [3.05, 3.63) is 33.4 Å². The molecule has 0 radical (unpaired) electrons. The summed E-state index contributed by atoms with van der Waals surface area (Å²) in [5.41, 5.74) is 1.56. The lowest BCUT2D eigenvalue weighted by Gasteiger charge is -2.06. The van der Waals surface area contributed by atoms with E-state index in [1.165, 1.54) is 6.07 Å². The number of nitrogens with zero attached hydrogens (tertiary/aromatic N) is 1. The molecule has 16 heavy (non-hydrogen) atoms. The van der Waals surface area contributed by atoms with E-state index in [2.05, 4.69) is 0 Å². The zero-order valence-electron chi connectivity index (χ0n) is 9.44. The van der Waals surface area contributed by atoms with Crippen LogP contribution in [-0.4, -0.2) is 11.5 Å².